The summed E-state index contributed by atoms with van der Waals surface area (Å²) in [7, 11) is 3.89. The Morgan fingerprint density at radius 2 is 2.17 bits per heavy atom. The smallest absolute Gasteiger partial charge is 0.247 e. The summed E-state index contributed by atoms with van der Waals surface area (Å²) in [6.45, 7) is 5.69. The van der Waals surface area contributed by atoms with Crippen molar-refractivity contribution in [3.63, 3.8) is 0 Å². The SMILES string of the molecule is Cc1nn(C)c(C)c1C1COCCN1C(=O)/C=C/c1ccn(C)c1. The molecule has 0 saturated carbocycles. The molecule has 1 fully saturated rings. The van der Waals surface area contributed by atoms with Crippen LogP contribution in [0.5, 0.6) is 0 Å². The lowest BCUT2D eigenvalue weighted by atomic mass is 10.0. The zero-order chi connectivity index (χ0) is 17.3. The van der Waals surface area contributed by atoms with E-state index in [1.54, 1.807) is 6.08 Å². The predicted octanol–water partition coefficient (Wildman–Crippen LogP) is 1.99. The van der Waals surface area contributed by atoms with E-state index in [0.29, 0.717) is 19.8 Å². The highest BCUT2D eigenvalue weighted by Gasteiger charge is 2.31. The fourth-order valence-electron chi connectivity index (χ4n) is 3.27. The summed E-state index contributed by atoms with van der Waals surface area (Å²) in [5, 5.41) is 4.48. The molecule has 128 valence electrons. The summed E-state index contributed by atoms with van der Waals surface area (Å²) in [6, 6.07) is 1.90. The van der Waals surface area contributed by atoms with Crippen molar-refractivity contribution in [2.24, 2.45) is 14.1 Å². The number of morpholine rings is 1. The number of hydrogen-bond acceptors (Lipinski definition) is 3. The molecule has 6 heteroatoms. The Kier molecular flexibility index (Phi) is 4.57. The maximum atomic E-state index is 12.7. The molecule has 1 aliphatic heterocycles. The zero-order valence-electron chi connectivity index (χ0n) is 14.7. The Balaban J connectivity index is 1.84. The van der Waals surface area contributed by atoms with Gasteiger partial charge < -0.3 is 14.2 Å². The van der Waals surface area contributed by atoms with Crippen molar-refractivity contribution in [2.45, 2.75) is 19.9 Å². The van der Waals surface area contributed by atoms with E-state index in [2.05, 4.69) is 5.10 Å². The second kappa shape index (κ2) is 6.65. The third kappa shape index (κ3) is 3.14. The van der Waals surface area contributed by atoms with Crippen molar-refractivity contribution in [3.8, 4) is 0 Å². The quantitative estimate of drug-likeness (QED) is 0.810. The van der Waals surface area contributed by atoms with Gasteiger partial charge in [0.15, 0.2) is 0 Å². The van der Waals surface area contributed by atoms with Gasteiger partial charge in [0.2, 0.25) is 5.91 Å². The van der Waals surface area contributed by atoms with Crippen molar-refractivity contribution in [3.05, 3.63) is 47.1 Å². The molecule has 0 N–H and O–H groups in total. The van der Waals surface area contributed by atoms with Gasteiger partial charge in [0, 0.05) is 50.4 Å². The van der Waals surface area contributed by atoms with Crippen LogP contribution in [-0.4, -0.2) is 44.9 Å². The van der Waals surface area contributed by atoms with Crippen LogP contribution in [0.15, 0.2) is 24.5 Å². The summed E-state index contributed by atoms with van der Waals surface area (Å²) >= 11 is 0. The number of aryl methyl sites for hydroxylation is 3. The normalized spacial score (nSPS) is 18.5. The van der Waals surface area contributed by atoms with E-state index in [1.165, 1.54) is 0 Å². The van der Waals surface area contributed by atoms with Gasteiger partial charge in [-0.15, -0.1) is 0 Å². The number of carbonyl (C=O) groups is 1. The topological polar surface area (TPSA) is 52.3 Å². The fourth-order valence-corrected chi connectivity index (χ4v) is 3.27. The minimum absolute atomic E-state index is 0.00908. The van der Waals surface area contributed by atoms with Gasteiger partial charge in [0.1, 0.15) is 0 Å². The number of rotatable bonds is 3. The molecule has 3 rings (SSSR count). The number of aromatic nitrogens is 3. The van der Waals surface area contributed by atoms with Crippen LogP contribution in [0.3, 0.4) is 0 Å². The lowest BCUT2D eigenvalue weighted by Gasteiger charge is -2.35. The van der Waals surface area contributed by atoms with Crippen LogP contribution in [-0.2, 0) is 23.6 Å². The maximum absolute atomic E-state index is 12.7. The van der Waals surface area contributed by atoms with Crippen molar-refractivity contribution in [1.29, 1.82) is 0 Å². The Morgan fingerprint density at radius 3 is 2.79 bits per heavy atom. The first kappa shape index (κ1) is 16.5. The van der Waals surface area contributed by atoms with Crippen LogP contribution in [0.25, 0.3) is 6.08 Å². The molecule has 0 bridgehead atoms. The van der Waals surface area contributed by atoms with Crippen LogP contribution in [0.4, 0.5) is 0 Å². The summed E-state index contributed by atoms with van der Waals surface area (Å²) in [5.41, 5.74) is 4.14. The van der Waals surface area contributed by atoms with E-state index in [4.69, 9.17) is 4.74 Å². The maximum Gasteiger partial charge on any atom is 0.247 e. The summed E-state index contributed by atoms with van der Waals surface area (Å²) in [4.78, 5) is 14.6. The molecule has 24 heavy (non-hydrogen) atoms. The molecular formula is C18H24N4O2. The molecule has 3 heterocycles. The largest absolute Gasteiger partial charge is 0.377 e. The van der Waals surface area contributed by atoms with Crippen molar-refractivity contribution < 1.29 is 9.53 Å². The second-order valence-electron chi connectivity index (χ2n) is 6.27. The van der Waals surface area contributed by atoms with Crippen LogP contribution in [0.2, 0.25) is 0 Å². The number of hydrogen-bond donors (Lipinski definition) is 0. The monoisotopic (exact) mass is 328 g/mol. The van der Waals surface area contributed by atoms with Gasteiger partial charge in [-0.05, 0) is 31.6 Å². The van der Waals surface area contributed by atoms with Gasteiger partial charge in [0.25, 0.3) is 0 Å². The fraction of sp³-hybridized carbons (Fsp3) is 0.444. The van der Waals surface area contributed by atoms with E-state index >= 15 is 0 Å². The van der Waals surface area contributed by atoms with E-state index in [1.807, 2.05) is 66.6 Å². The number of ether oxygens (including phenoxy) is 1. The Morgan fingerprint density at radius 1 is 1.38 bits per heavy atom. The molecule has 1 unspecified atom stereocenters. The van der Waals surface area contributed by atoms with Crippen LogP contribution < -0.4 is 0 Å². The standard InChI is InChI=1S/C18H24N4O2/c1-13-18(14(2)21(4)19-13)16-12-24-10-9-22(16)17(23)6-5-15-7-8-20(3)11-15/h5-8,11,16H,9-10,12H2,1-4H3/b6-5+. The lowest BCUT2D eigenvalue weighted by Crippen LogP contribution is -2.43. The predicted molar refractivity (Wildman–Crippen MR) is 92.4 cm³/mol. The summed E-state index contributed by atoms with van der Waals surface area (Å²) in [6.07, 6.45) is 7.45. The van der Waals surface area contributed by atoms with Crippen molar-refractivity contribution in [1.82, 2.24) is 19.2 Å². The minimum Gasteiger partial charge on any atom is -0.377 e. The van der Waals surface area contributed by atoms with Gasteiger partial charge in [-0.3, -0.25) is 9.48 Å². The molecule has 1 saturated heterocycles. The average Bonchev–Trinajstić information content (AvgIpc) is 3.08. The van der Waals surface area contributed by atoms with E-state index in [9.17, 15) is 4.79 Å². The minimum atomic E-state index is -0.0830. The van der Waals surface area contributed by atoms with Gasteiger partial charge in [0.05, 0.1) is 24.9 Å². The van der Waals surface area contributed by atoms with Crippen molar-refractivity contribution in [2.75, 3.05) is 19.8 Å². The molecule has 0 aliphatic carbocycles. The van der Waals surface area contributed by atoms with Crippen LogP contribution in [0.1, 0.15) is 28.6 Å². The summed E-state index contributed by atoms with van der Waals surface area (Å²) < 4.78 is 9.47. The molecule has 2 aromatic rings. The summed E-state index contributed by atoms with van der Waals surface area (Å²) in [5.74, 6) is 0.00908. The molecule has 0 spiro atoms. The molecule has 2 aromatic heterocycles. The van der Waals surface area contributed by atoms with Gasteiger partial charge >= 0.3 is 0 Å². The molecular weight excluding hydrogens is 304 g/mol. The molecule has 0 aromatic carbocycles. The Labute approximate surface area is 142 Å². The zero-order valence-corrected chi connectivity index (χ0v) is 14.7. The third-order valence-electron chi connectivity index (χ3n) is 4.58. The first-order valence-corrected chi connectivity index (χ1v) is 8.16. The number of nitrogens with zero attached hydrogens (tertiary/aromatic N) is 4. The number of carbonyl (C=O) groups excluding carboxylic acids is 1. The van der Waals surface area contributed by atoms with Gasteiger partial charge in [-0.2, -0.15) is 5.10 Å². The van der Waals surface area contributed by atoms with Crippen LogP contribution >= 0.6 is 0 Å². The Hall–Kier alpha value is -2.34. The molecule has 1 aliphatic rings. The van der Waals surface area contributed by atoms with Gasteiger partial charge in [-0.1, -0.05) is 0 Å². The molecule has 1 amide bonds. The van der Waals surface area contributed by atoms with E-state index in [-0.39, 0.29) is 11.9 Å². The molecule has 6 nitrogen and oxygen atoms in total. The average molecular weight is 328 g/mol. The number of amides is 1. The Bertz CT molecular complexity index is 772. The second-order valence-corrected chi connectivity index (χ2v) is 6.27. The lowest BCUT2D eigenvalue weighted by molar-refractivity contribution is -0.134. The first-order chi connectivity index (χ1) is 11.5. The highest BCUT2D eigenvalue weighted by molar-refractivity contribution is 5.92. The van der Waals surface area contributed by atoms with Gasteiger partial charge in [-0.25, -0.2) is 0 Å². The van der Waals surface area contributed by atoms with Crippen molar-refractivity contribution >= 4 is 12.0 Å². The van der Waals surface area contributed by atoms with Crippen LogP contribution in [0, 0.1) is 13.8 Å². The molecule has 0 radical (unpaired) electrons. The highest BCUT2D eigenvalue weighted by atomic mass is 16.5. The molecule has 1 atom stereocenters. The highest BCUT2D eigenvalue weighted by Crippen LogP contribution is 2.29. The van der Waals surface area contributed by atoms with E-state index in [0.717, 1.165) is 22.5 Å². The van der Waals surface area contributed by atoms with E-state index < -0.39 is 0 Å². The third-order valence-corrected chi connectivity index (χ3v) is 4.58. The first-order valence-electron chi connectivity index (χ1n) is 8.16.